The highest BCUT2D eigenvalue weighted by atomic mass is 16.5. The lowest BCUT2D eigenvalue weighted by atomic mass is 9.91. The molecule has 37 heavy (non-hydrogen) atoms. The van der Waals surface area contributed by atoms with E-state index in [1.807, 2.05) is 31.2 Å². The Morgan fingerprint density at radius 3 is 2.49 bits per heavy atom. The standard InChI is InChI=1S/C28H34N4O5/c1-16-25(28(35)32-19-7-5-18(6-8-19)31-24(34)14-33)22-11-12-29-26(27(22)30-16)21-10-9-20(36-2)13-23(21)37-15-17-3-4-17/h9-13,17-19,30,33H,3-8,14-15H2,1-2H3,(H,31,34)(H,32,35)/t18-,19-. The molecule has 2 aliphatic rings. The quantitative estimate of drug-likeness (QED) is 0.352. The number of H-pyrrole nitrogens is 1. The predicted octanol–water partition coefficient (Wildman–Crippen LogP) is 3.49. The summed E-state index contributed by atoms with van der Waals surface area (Å²) < 4.78 is 11.6. The second-order valence-corrected chi connectivity index (χ2v) is 10.1. The lowest BCUT2D eigenvalue weighted by Crippen LogP contribution is -2.44. The van der Waals surface area contributed by atoms with Gasteiger partial charge in [-0.2, -0.15) is 0 Å². The molecule has 2 aliphatic carbocycles. The Labute approximate surface area is 216 Å². The zero-order chi connectivity index (χ0) is 25.9. The van der Waals surface area contributed by atoms with Crippen molar-refractivity contribution < 1.29 is 24.2 Å². The first-order valence-corrected chi connectivity index (χ1v) is 13.0. The van der Waals surface area contributed by atoms with Gasteiger partial charge in [-0.1, -0.05) is 0 Å². The number of amides is 2. The Morgan fingerprint density at radius 1 is 1.08 bits per heavy atom. The summed E-state index contributed by atoms with van der Waals surface area (Å²) in [4.78, 5) is 32.9. The van der Waals surface area contributed by atoms with Crippen molar-refractivity contribution in [1.82, 2.24) is 20.6 Å². The molecule has 0 aliphatic heterocycles. The van der Waals surface area contributed by atoms with Crippen molar-refractivity contribution in [1.29, 1.82) is 0 Å². The van der Waals surface area contributed by atoms with E-state index in [1.165, 1.54) is 12.8 Å². The number of aliphatic hydroxyl groups excluding tert-OH is 1. The molecule has 2 amide bonds. The Balaban J connectivity index is 1.37. The lowest BCUT2D eigenvalue weighted by Gasteiger charge is -2.29. The van der Waals surface area contributed by atoms with E-state index < -0.39 is 6.61 Å². The number of aryl methyl sites for hydroxylation is 1. The van der Waals surface area contributed by atoms with Crippen molar-refractivity contribution in [3.63, 3.8) is 0 Å². The van der Waals surface area contributed by atoms with Crippen LogP contribution in [0.3, 0.4) is 0 Å². The molecule has 3 aromatic rings. The average Bonchev–Trinajstić information content (AvgIpc) is 3.67. The number of carbonyl (C=O) groups excluding carboxylic acids is 2. The van der Waals surface area contributed by atoms with Crippen LogP contribution in [-0.2, 0) is 4.79 Å². The highest BCUT2D eigenvalue weighted by Crippen LogP contribution is 2.38. The minimum atomic E-state index is -0.502. The summed E-state index contributed by atoms with van der Waals surface area (Å²) in [6, 6.07) is 7.67. The van der Waals surface area contributed by atoms with E-state index in [0.717, 1.165) is 65.0 Å². The smallest absolute Gasteiger partial charge is 0.253 e. The maximum atomic E-state index is 13.4. The van der Waals surface area contributed by atoms with E-state index in [9.17, 15) is 9.59 Å². The van der Waals surface area contributed by atoms with E-state index in [0.29, 0.717) is 18.1 Å². The molecule has 9 nitrogen and oxygen atoms in total. The maximum absolute atomic E-state index is 13.4. The Hall–Kier alpha value is -3.59. The van der Waals surface area contributed by atoms with Crippen LogP contribution in [0.4, 0.5) is 0 Å². The second-order valence-electron chi connectivity index (χ2n) is 10.1. The number of hydrogen-bond donors (Lipinski definition) is 4. The molecule has 1 aromatic carbocycles. The fraction of sp³-hybridized carbons (Fsp3) is 0.464. The highest BCUT2D eigenvalue weighted by Gasteiger charge is 2.27. The molecular formula is C28H34N4O5. The number of aromatic nitrogens is 2. The number of nitrogens with zero attached hydrogens (tertiary/aromatic N) is 1. The number of carbonyl (C=O) groups is 2. The van der Waals surface area contributed by atoms with Crippen LogP contribution in [0.5, 0.6) is 11.5 Å². The van der Waals surface area contributed by atoms with Crippen molar-refractivity contribution in [2.75, 3.05) is 20.3 Å². The third-order valence-corrected chi connectivity index (χ3v) is 7.32. The summed E-state index contributed by atoms with van der Waals surface area (Å²) in [6.07, 6.45) is 7.18. The molecule has 196 valence electrons. The largest absolute Gasteiger partial charge is 0.497 e. The molecule has 0 spiro atoms. The summed E-state index contributed by atoms with van der Waals surface area (Å²) in [7, 11) is 1.63. The third kappa shape index (κ3) is 5.56. The van der Waals surface area contributed by atoms with Gasteiger partial charge in [0.25, 0.3) is 5.91 Å². The van der Waals surface area contributed by atoms with Crippen molar-refractivity contribution in [3.05, 3.63) is 41.7 Å². The molecule has 4 N–H and O–H groups in total. The number of benzene rings is 1. The van der Waals surface area contributed by atoms with Gasteiger partial charge < -0.3 is 30.2 Å². The van der Waals surface area contributed by atoms with Crippen LogP contribution >= 0.6 is 0 Å². The third-order valence-electron chi connectivity index (χ3n) is 7.32. The first kappa shape index (κ1) is 25.1. The molecule has 2 fully saturated rings. The molecule has 2 heterocycles. The predicted molar refractivity (Wildman–Crippen MR) is 140 cm³/mol. The molecule has 2 saturated carbocycles. The SMILES string of the molecule is COc1ccc(-c2nccc3c(C(=O)N[C@H]4CC[C@H](NC(=O)CO)CC4)c(C)[nH]c23)c(OCC2CC2)c1. The number of rotatable bonds is 9. The van der Waals surface area contributed by atoms with E-state index >= 15 is 0 Å². The number of pyridine rings is 1. The molecule has 0 radical (unpaired) electrons. The number of methoxy groups -OCH3 is 1. The van der Waals surface area contributed by atoms with Crippen LogP contribution < -0.4 is 20.1 Å². The zero-order valence-corrected chi connectivity index (χ0v) is 21.3. The van der Waals surface area contributed by atoms with Gasteiger partial charge in [-0.25, -0.2) is 0 Å². The number of aromatic amines is 1. The van der Waals surface area contributed by atoms with Gasteiger partial charge in [-0.15, -0.1) is 0 Å². The van der Waals surface area contributed by atoms with Gasteiger partial charge in [0.15, 0.2) is 0 Å². The van der Waals surface area contributed by atoms with Crippen LogP contribution in [0, 0.1) is 12.8 Å². The van der Waals surface area contributed by atoms with Crippen LogP contribution in [0.25, 0.3) is 22.2 Å². The second kappa shape index (κ2) is 10.8. The van der Waals surface area contributed by atoms with E-state index in [2.05, 4.69) is 20.6 Å². The van der Waals surface area contributed by atoms with Gasteiger partial charge in [-0.3, -0.25) is 14.6 Å². The fourth-order valence-electron chi connectivity index (χ4n) is 5.10. The monoisotopic (exact) mass is 506 g/mol. The van der Waals surface area contributed by atoms with Gasteiger partial charge in [0.1, 0.15) is 18.1 Å². The van der Waals surface area contributed by atoms with Crippen LogP contribution in [0.2, 0.25) is 0 Å². The van der Waals surface area contributed by atoms with Crippen molar-refractivity contribution in [2.45, 2.75) is 57.5 Å². The number of ether oxygens (including phenoxy) is 2. The number of aliphatic hydroxyl groups is 1. The normalized spacial score (nSPS) is 19.4. The molecule has 5 rings (SSSR count). The van der Waals surface area contributed by atoms with Gasteiger partial charge in [-0.05, 0) is 69.6 Å². The number of hydrogen-bond acceptors (Lipinski definition) is 6. The summed E-state index contributed by atoms with van der Waals surface area (Å²) >= 11 is 0. The molecular weight excluding hydrogens is 472 g/mol. The fourth-order valence-corrected chi connectivity index (χ4v) is 5.10. The minimum absolute atomic E-state index is 0.0319. The van der Waals surface area contributed by atoms with Crippen LogP contribution in [0.1, 0.15) is 54.6 Å². The molecule has 0 unspecified atom stereocenters. The van der Waals surface area contributed by atoms with Gasteiger partial charge >= 0.3 is 0 Å². The number of fused-ring (bicyclic) bond motifs is 1. The maximum Gasteiger partial charge on any atom is 0.253 e. The van der Waals surface area contributed by atoms with Gasteiger partial charge in [0.2, 0.25) is 5.91 Å². The Bertz CT molecular complexity index is 1290. The van der Waals surface area contributed by atoms with Crippen LogP contribution in [0.15, 0.2) is 30.5 Å². The summed E-state index contributed by atoms with van der Waals surface area (Å²) in [5, 5.41) is 15.8. The first-order chi connectivity index (χ1) is 18.0. The Morgan fingerprint density at radius 2 is 1.81 bits per heavy atom. The van der Waals surface area contributed by atoms with Crippen molar-refractivity contribution >= 4 is 22.7 Å². The number of nitrogens with one attached hydrogen (secondary N) is 3. The van der Waals surface area contributed by atoms with Crippen LogP contribution in [-0.4, -0.2) is 59.3 Å². The summed E-state index contributed by atoms with van der Waals surface area (Å²) in [5.41, 5.74) is 3.77. The first-order valence-electron chi connectivity index (χ1n) is 13.0. The molecule has 2 aromatic heterocycles. The van der Waals surface area contributed by atoms with Gasteiger partial charge in [0.05, 0.1) is 30.5 Å². The van der Waals surface area contributed by atoms with Crippen molar-refractivity contribution in [3.8, 4) is 22.8 Å². The summed E-state index contributed by atoms with van der Waals surface area (Å²) in [6.45, 7) is 2.07. The topological polar surface area (TPSA) is 126 Å². The molecule has 0 saturated heterocycles. The highest BCUT2D eigenvalue weighted by molar-refractivity contribution is 6.10. The van der Waals surface area contributed by atoms with Crippen molar-refractivity contribution in [2.24, 2.45) is 5.92 Å². The lowest BCUT2D eigenvalue weighted by molar-refractivity contribution is -0.124. The van der Waals surface area contributed by atoms with Gasteiger partial charge in [0, 0.05) is 41.0 Å². The molecule has 9 heteroatoms. The Kier molecular flexibility index (Phi) is 7.32. The molecule has 0 atom stereocenters. The zero-order valence-electron chi connectivity index (χ0n) is 21.3. The van der Waals surface area contributed by atoms with E-state index in [-0.39, 0.29) is 23.9 Å². The summed E-state index contributed by atoms with van der Waals surface area (Å²) in [5.74, 6) is 1.56. The minimum Gasteiger partial charge on any atom is -0.497 e. The van der Waals surface area contributed by atoms with E-state index in [1.54, 1.807) is 13.3 Å². The molecule has 0 bridgehead atoms. The van der Waals surface area contributed by atoms with E-state index in [4.69, 9.17) is 14.6 Å². The average molecular weight is 507 g/mol.